The van der Waals surface area contributed by atoms with Gasteiger partial charge in [-0.25, -0.2) is 9.37 Å². The first-order valence-electron chi connectivity index (χ1n) is 14.5. The van der Waals surface area contributed by atoms with Crippen LogP contribution in [0.2, 0.25) is 5.02 Å². The summed E-state index contributed by atoms with van der Waals surface area (Å²) in [5.74, 6) is 0.0355. The lowest BCUT2D eigenvalue weighted by Gasteiger charge is -2.38. The van der Waals surface area contributed by atoms with Gasteiger partial charge in [-0.15, -0.1) is 11.8 Å². The first-order chi connectivity index (χ1) is 20.8. The zero-order valence-corrected chi connectivity index (χ0v) is 25.6. The third-order valence-corrected chi connectivity index (χ3v) is 10.4. The SMILES string of the molecule is CSc1nc2c(F)c(-c3cccc(Cl)c3C)c(CCC#N)cc2c2c1cc([C@@H](C)n1ccncc1=O)n2[C@H]1[C@H]2CN[C@@H]1C2. The van der Waals surface area contributed by atoms with E-state index in [1.807, 2.05) is 38.3 Å². The smallest absolute Gasteiger partial charge is 0.269 e. The van der Waals surface area contributed by atoms with E-state index in [9.17, 15) is 10.1 Å². The molecule has 5 heterocycles. The molecule has 2 aromatic carbocycles. The second-order valence-electron chi connectivity index (χ2n) is 11.5. The summed E-state index contributed by atoms with van der Waals surface area (Å²) in [6.07, 6.45) is 8.36. The van der Waals surface area contributed by atoms with Crippen molar-refractivity contribution in [2.75, 3.05) is 12.8 Å². The summed E-state index contributed by atoms with van der Waals surface area (Å²) < 4.78 is 21.1. The molecule has 2 bridgehead atoms. The molecule has 8 rings (SSSR count). The van der Waals surface area contributed by atoms with Crippen LogP contribution < -0.4 is 10.9 Å². The van der Waals surface area contributed by atoms with Gasteiger partial charge in [-0.05, 0) is 73.8 Å². The van der Waals surface area contributed by atoms with Crippen LogP contribution >= 0.6 is 23.4 Å². The van der Waals surface area contributed by atoms with Gasteiger partial charge in [0, 0.05) is 58.5 Å². The van der Waals surface area contributed by atoms with Crippen molar-refractivity contribution in [1.29, 1.82) is 5.26 Å². The number of pyridine rings is 1. The van der Waals surface area contributed by atoms with Crippen molar-refractivity contribution in [1.82, 2.24) is 24.4 Å². The predicted octanol–water partition coefficient (Wildman–Crippen LogP) is 6.83. The molecular weight excluding hydrogens is 583 g/mol. The van der Waals surface area contributed by atoms with E-state index in [2.05, 4.69) is 27.0 Å². The summed E-state index contributed by atoms with van der Waals surface area (Å²) in [6, 6.07) is 12.1. The minimum absolute atomic E-state index is 0.174. The van der Waals surface area contributed by atoms with Gasteiger partial charge in [0.1, 0.15) is 10.5 Å². The van der Waals surface area contributed by atoms with Crippen LogP contribution in [0.3, 0.4) is 0 Å². The molecule has 10 heteroatoms. The van der Waals surface area contributed by atoms with Crippen LogP contribution in [0.15, 0.2) is 58.7 Å². The fraction of sp³-hybridized carbons (Fsp3) is 0.333. The number of fused-ring (bicyclic) bond motifs is 4. The highest BCUT2D eigenvalue weighted by Gasteiger charge is 2.49. The molecule has 2 saturated heterocycles. The molecule has 5 aromatic rings. The number of benzene rings is 2. The molecule has 1 saturated carbocycles. The van der Waals surface area contributed by atoms with E-state index in [4.69, 9.17) is 16.6 Å². The third kappa shape index (κ3) is 4.30. The summed E-state index contributed by atoms with van der Waals surface area (Å²) in [5, 5.41) is 16.1. The van der Waals surface area contributed by atoms with Gasteiger partial charge in [0.2, 0.25) is 0 Å². The number of thioether (sulfide) groups is 1. The number of nitriles is 1. The molecule has 3 aromatic heterocycles. The minimum Gasteiger partial charge on any atom is -0.337 e. The van der Waals surface area contributed by atoms with Crippen molar-refractivity contribution in [3.8, 4) is 17.2 Å². The fourth-order valence-corrected chi connectivity index (χ4v) is 7.87. The van der Waals surface area contributed by atoms with Gasteiger partial charge in [0.25, 0.3) is 5.56 Å². The van der Waals surface area contributed by atoms with Crippen LogP contribution in [0.5, 0.6) is 0 Å². The van der Waals surface area contributed by atoms with E-state index in [0.29, 0.717) is 45.4 Å². The lowest BCUT2D eigenvalue weighted by Crippen LogP contribution is -2.40. The van der Waals surface area contributed by atoms with Crippen molar-refractivity contribution >= 4 is 45.2 Å². The van der Waals surface area contributed by atoms with E-state index >= 15 is 4.39 Å². The van der Waals surface area contributed by atoms with E-state index < -0.39 is 5.82 Å². The molecule has 0 unspecified atom stereocenters. The second kappa shape index (κ2) is 10.8. The molecule has 3 fully saturated rings. The highest BCUT2D eigenvalue weighted by molar-refractivity contribution is 7.98. The van der Waals surface area contributed by atoms with Gasteiger partial charge in [-0.1, -0.05) is 23.7 Å². The lowest BCUT2D eigenvalue weighted by atomic mass is 9.79. The van der Waals surface area contributed by atoms with Gasteiger partial charge in [-0.2, -0.15) is 5.26 Å². The average Bonchev–Trinajstić information content (AvgIpc) is 3.74. The Balaban J connectivity index is 1.59. The van der Waals surface area contributed by atoms with E-state index in [-0.39, 0.29) is 24.1 Å². The van der Waals surface area contributed by atoms with Crippen LogP contribution in [0.25, 0.3) is 32.9 Å². The highest BCUT2D eigenvalue weighted by atomic mass is 35.5. The highest BCUT2D eigenvalue weighted by Crippen LogP contribution is 2.50. The van der Waals surface area contributed by atoms with E-state index in [1.54, 1.807) is 23.0 Å². The molecule has 218 valence electrons. The second-order valence-corrected chi connectivity index (χ2v) is 12.7. The number of rotatable bonds is 7. The Hall–Kier alpha value is -3.71. The van der Waals surface area contributed by atoms with Gasteiger partial charge < -0.3 is 14.5 Å². The first kappa shape index (κ1) is 28.1. The topological polar surface area (TPSA) is 88.5 Å². The maximum atomic E-state index is 17.0. The molecule has 3 aliphatic rings. The largest absolute Gasteiger partial charge is 0.337 e. The number of aromatic nitrogens is 4. The molecule has 0 amide bonds. The van der Waals surface area contributed by atoms with Gasteiger partial charge in [-0.3, -0.25) is 9.78 Å². The van der Waals surface area contributed by atoms with Gasteiger partial charge >= 0.3 is 0 Å². The lowest BCUT2D eigenvalue weighted by molar-refractivity contribution is 0.219. The monoisotopic (exact) mass is 612 g/mol. The molecule has 7 nitrogen and oxygen atoms in total. The summed E-state index contributed by atoms with van der Waals surface area (Å²) >= 11 is 7.98. The Morgan fingerprint density at radius 3 is 2.84 bits per heavy atom. The fourth-order valence-electron chi connectivity index (χ4n) is 7.14. The number of nitrogens with zero attached hydrogens (tertiary/aromatic N) is 5. The van der Waals surface area contributed by atoms with E-state index in [0.717, 1.165) is 45.7 Å². The van der Waals surface area contributed by atoms with Gasteiger partial charge in [0.05, 0.1) is 29.9 Å². The third-order valence-electron chi connectivity index (χ3n) is 9.31. The van der Waals surface area contributed by atoms with Crippen molar-refractivity contribution in [3.05, 3.63) is 86.9 Å². The number of halogens is 2. The van der Waals surface area contributed by atoms with Crippen molar-refractivity contribution < 1.29 is 4.39 Å². The number of hydrogen-bond acceptors (Lipinski definition) is 6. The predicted molar refractivity (Wildman–Crippen MR) is 169 cm³/mol. The Morgan fingerprint density at radius 1 is 1.30 bits per heavy atom. The Bertz CT molecular complexity index is 2020. The van der Waals surface area contributed by atoms with Crippen LogP contribution in [-0.2, 0) is 6.42 Å². The van der Waals surface area contributed by atoms with Crippen molar-refractivity contribution in [2.45, 2.75) is 56.3 Å². The quantitative estimate of drug-likeness (QED) is 0.203. The summed E-state index contributed by atoms with van der Waals surface area (Å²) in [4.78, 5) is 21.8. The maximum absolute atomic E-state index is 17.0. The van der Waals surface area contributed by atoms with E-state index in [1.165, 1.54) is 18.0 Å². The number of nitrogens with one attached hydrogen (secondary N) is 1. The van der Waals surface area contributed by atoms with Crippen LogP contribution in [0.1, 0.15) is 48.7 Å². The van der Waals surface area contributed by atoms with Crippen molar-refractivity contribution in [3.63, 3.8) is 0 Å². The summed E-state index contributed by atoms with van der Waals surface area (Å²) in [5.41, 5.74) is 4.70. The molecule has 0 spiro atoms. The van der Waals surface area contributed by atoms with Gasteiger partial charge in [0.15, 0.2) is 5.82 Å². The molecule has 2 aliphatic heterocycles. The Morgan fingerprint density at radius 2 is 2.14 bits per heavy atom. The minimum atomic E-state index is -0.407. The normalized spacial score (nSPS) is 20.0. The Kier molecular flexibility index (Phi) is 7.04. The Labute approximate surface area is 257 Å². The zero-order chi connectivity index (χ0) is 30.0. The average molecular weight is 613 g/mol. The molecule has 0 radical (unpaired) electrons. The summed E-state index contributed by atoms with van der Waals surface area (Å²) in [7, 11) is 0. The standard InChI is InChI=1S/C33H30ClFN6OS/c1-17-21(7-4-8-24(17)34)28-19(6-5-9-36)12-22-30(29(28)35)39-33(43-3)23-14-26(18(2)40-11-10-37-16-27(40)42)41(32(22)23)31-20-13-25(31)38-15-20/h4,7-8,10-12,14,16,18,20,25,31,38H,5-6,13,15H2,1-3H3/t18-,20-,25-,31+/m1/s1. The number of hydrogen-bond donors (Lipinski definition) is 1. The van der Waals surface area contributed by atoms with Crippen LogP contribution in [0, 0.1) is 30.0 Å². The molecular formula is C33H30ClFN6OS. The number of aryl methyl sites for hydroxylation is 1. The first-order valence-corrected chi connectivity index (χ1v) is 16.1. The van der Waals surface area contributed by atoms with Crippen LogP contribution in [0.4, 0.5) is 4.39 Å². The molecule has 43 heavy (non-hydrogen) atoms. The molecule has 1 aliphatic carbocycles. The zero-order valence-electron chi connectivity index (χ0n) is 24.1. The van der Waals surface area contributed by atoms with Crippen LogP contribution in [-0.4, -0.2) is 37.9 Å². The maximum Gasteiger partial charge on any atom is 0.269 e. The van der Waals surface area contributed by atoms with Crippen molar-refractivity contribution in [2.24, 2.45) is 5.92 Å². The summed E-state index contributed by atoms with van der Waals surface area (Å²) in [6.45, 7) is 4.84. The molecule has 1 N–H and O–H groups in total. The molecule has 4 atom stereocenters.